The van der Waals surface area contributed by atoms with Crippen molar-refractivity contribution in [3.8, 4) is 0 Å². The van der Waals surface area contributed by atoms with Crippen LogP contribution in [0.5, 0.6) is 0 Å². The number of anilines is 2. The number of benzene rings is 4. The summed E-state index contributed by atoms with van der Waals surface area (Å²) >= 11 is 12.5. The quantitative estimate of drug-likeness (QED) is 0.264. The molecule has 0 aromatic heterocycles. The van der Waals surface area contributed by atoms with Crippen molar-refractivity contribution in [1.82, 2.24) is 4.90 Å². The van der Waals surface area contributed by atoms with Crippen LogP contribution < -0.4 is 9.80 Å². The average Bonchev–Trinajstić information content (AvgIpc) is 3.07. The molecule has 1 fully saturated rings. The first-order valence-corrected chi connectivity index (χ1v) is 15.2. The van der Waals surface area contributed by atoms with Crippen LogP contribution in [-0.4, -0.2) is 47.1 Å². The van der Waals surface area contributed by atoms with Gasteiger partial charge in [-0.3, -0.25) is 9.59 Å². The molecule has 6 nitrogen and oxygen atoms in total. The fourth-order valence-corrected chi connectivity index (χ4v) is 7.15. The number of nitrogens with zero attached hydrogens (tertiary/aromatic N) is 3. The SMILES string of the molecule is Cc1ccc(Cl)cc1N1CCN(C(=O)c2ccc3c(c2)N(Cc2cccc(Cl)c2)C(=O)c2ccccc2S3=O)CC1. The van der Waals surface area contributed by atoms with Gasteiger partial charge in [-0.15, -0.1) is 0 Å². The summed E-state index contributed by atoms with van der Waals surface area (Å²) in [6.45, 7) is 4.71. The molecule has 2 aliphatic rings. The Morgan fingerprint density at radius 2 is 1.56 bits per heavy atom. The summed E-state index contributed by atoms with van der Waals surface area (Å²) in [4.78, 5) is 34.2. The van der Waals surface area contributed by atoms with Gasteiger partial charge in [-0.25, -0.2) is 4.21 Å². The standard InChI is InChI=1S/C32H27Cl2N3O3S/c1-21-9-11-25(34)19-27(21)35-13-15-36(16-14-35)31(38)23-10-12-30-28(18-23)37(20-22-5-4-6-24(33)17-22)32(39)26-7-2-3-8-29(26)41(30)40/h2-12,17-19H,13-16,20H2,1H3. The van der Waals surface area contributed by atoms with Gasteiger partial charge >= 0.3 is 0 Å². The number of fused-ring (bicyclic) bond motifs is 2. The van der Waals surface area contributed by atoms with Gasteiger partial charge in [0.05, 0.1) is 38.4 Å². The second-order valence-electron chi connectivity index (χ2n) is 10.2. The second-order valence-corrected chi connectivity index (χ2v) is 12.5. The van der Waals surface area contributed by atoms with Crippen molar-refractivity contribution in [2.24, 2.45) is 0 Å². The molecule has 2 heterocycles. The van der Waals surface area contributed by atoms with Crippen LogP contribution in [-0.2, 0) is 17.3 Å². The van der Waals surface area contributed by atoms with Crippen LogP contribution in [0.4, 0.5) is 11.4 Å². The molecule has 6 rings (SSSR count). The lowest BCUT2D eigenvalue weighted by Gasteiger charge is -2.37. The van der Waals surface area contributed by atoms with Crippen molar-refractivity contribution in [2.45, 2.75) is 23.3 Å². The molecule has 0 saturated carbocycles. The Kier molecular flexibility index (Phi) is 7.60. The van der Waals surface area contributed by atoms with Crippen molar-refractivity contribution in [3.05, 3.63) is 117 Å². The van der Waals surface area contributed by atoms with Gasteiger partial charge in [0.2, 0.25) is 0 Å². The van der Waals surface area contributed by atoms with E-state index in [0.29, 0.717) is 62.8 Å². The average molecular weight is 605 g/mol. The second kappa shape index (κ2) is 11.3. The van der Waals surface area contributed by atoms with Gasteiger partial charge in [0.25, 0.3) is 11.8 Å². The lowest BCUT2D eigenvalue weighted by atomic mass is 10.1. The Morgan fingerprint density at radius 1 is 0.805 bits per heavy atom. The number of hydrogen-bond donors (Lipinski definition) is 0. The normalized spacial score (nSPS) is 16.7. The molecule has 208 valence electrons. The van der Waals surface area contributed by atoms with Gasteiger partial charge in [-0.05, 0) is 72.6 Å². The largest absolute Gasteiger partial charge is 0.368 e. The third-order valence-corrected chi connectivity index (χ3v) is 9.54. The highest BCUT2D eigenvalue weighted by Crippen LogP contribution is 2.36. The predicted octanol–water partition coefficient (Wildman–Crippen LogP) is 6.59. The van der Waals surface area contributed by atoms with Gasteiger partial charge in [-0.1, -0.05) is 53.5 Å². The van der Waals surface area contributed by atoms with Crippen molar-refractivity contribution in [1.29, 1.82) is 0 Å². The van der Waals surface area contributed by atoms with Gasteiger partial charge in [0, 0.05) is 47.5 Å². The van der Waals surface area contributed by atoms with E-state index in [1.54, 1.807) is 59.5 Å². The molecule has 0 aliphatic carbocycles. The molecule has 0 N–H and O–H groups in total. The third kappa shape index (κ3) is 5.37. The van der Waals surface area contributed by atoms with E-state index in [-0.39, 0.29) is 18.4 Å². The van der Waals surface area contributed by atoms with Gasteiger partial charge in [0.15, 0.2) is 0 Å². The van der Waals surface area contributed by atoms with E-state index in [1.165, 1.54) is 0 Å². The van der Waals surface area contributed by atoms with E-state index in [1.807, 2.05) is 35.2 Å². The van der Waals surface area contributed by atoms with E-state index >= 15 is 0 Å². The number of hydrogen-bond acceptors (Lipinski definition) is 4. The summed E-state index contributed by atoms with van der Waals surface area (Å²) in [6, 6.07) is 25.2. The van der Waals surface area contributed by atoms with E-state index in [4.69, 9.17) is 23.2 Å². The van der Waals surface area contributed by atoms with Crippen molar-refractivity contribution in [2.75, 3.05) is 36.0 Å². The number of piperazine rings is 1. The number of aryl methyl sites for hydroxylation is 1. The van der Waals surface area contributed by atoms with Gasteiger partial charge < -0.3 is 14.7 Å². The third-order valence-electron chi connectivity index (χ3n) is 7.57. The van der Waals surface area contributed by atoms with Gasteiger partial charge in [0.1, 0.15) is 0 Å². The predicted molar refractivity (Wildman–Crippen MR) is 164 cm³/mol. The summed E-state index contributed by atoms with van der Waals surface area (Å²) in [5.74, 6) is -0.402. The van der Waals surface area contributed by atoms with Crippen LogP contribution in [0.15, 0.2) is 94.7 Å². The van der Waals surface area contributed by atoms with E-state index in [0.717, 1.165) is 16.8 Å². The lowest BCUT2D eigenvalue weighted by Crippen LogP contribution is -2.49. The summed E-state index contributed by atoms with van der Waals surface area (Å²) in [6.07, 6.45) is 0. The first-order valence-electron chi connectivity index (χ1n) is 13.3. The first kappa shape index (κ1) is 27.5. The van der Waals surface area contributed by atoms with E-state index in [9.17, 15) is 13.8 Å². The van der Waals surface area contributed by atoms with Crippen LogP contribution >= 0.6 is 23.2 Å². The molecule has 4 aromatic rings. The molecule has 41 heavy (non-hydrogen) atoms. The summed E-state index contributed by atoms with van der Waals surface area (Å²) in [5, 5.41) is 1.25. The Hall–Kier alpha value is -3.65. The molecule has 1 saturated heterocycles. The maximum absolute atomic E-state index is 13.9. The Morgan fingerprint density at radius 3 is 2.34 bits per heavy atom. The van der Waals surface area contributed by atoms with E-state index < -0.39 is 10.8 Å². The molecule has 4 aromatic carbocycles. The maximum Gasteiger partial charge on any atom is 0.259 e. The Bertz CT molecular complexity index is 1700. The minimum Gasteiger partial charge on any atom is -0.368 e. The van der Waals surface area contributed by atoms with Crippen molar-refractivity contribution >= 4 is 57.2 Å². The van der Waals surface area contributed by atoms with Crippen LogP contribution in [0.2, 0.25) is 10.0 Å². The number of carbonyl (C=O) groups is 2. The number of amides is 2. The Labute approximate surface area is 251 Å². The monoisotopic (exact) mass is 603 g/mol. The smallest absolute Gasteiger partial charge is 0.259 e. The minimum absolute atomic E-state index is 0.127. The summed E-state index contributed by atoms with van der Waals surface area (Å²) in [5.41, 5.74) is 4.33. The highest BCUT2D eigenvalue weighted by atomic mass is 35.5. The molecular weight excluding hydrogens is 577 g/mol. The molecule has 0 spiro atoms. The minimum atomic E-state index is -1.60. The van der Waals surface area contributed by atoms with Gasteiger partial charge in [-0.2, -0.15) is 0 Å². The number of halogens is 2. The van der Waals surface area contributed by atoms with Crippen molar-refractivity contribution < 1.29 is 13.8 Å². The maximum atomic E-state index is 13.9. The zero-order valence-corrected chi connectivity index (χ0v) is 24.7. The van der Waals surface area contributed by atoms with E-state index in [2.05, 4.69) is 11.8 Å². The Balaban J connectivity index is 1.32. The fraction of sp³-hybridized carbons (Fsp3) is 0.188. The molecule has 0 radical (unpaired) electrons. The van der Waals surface area contributed by atoms with Crippen LogP contribution in [0.3, 0.4) is 0 Å². The first-order chi connectivity index (χ1) is 19.8. The topological polar surface area (TPSA) is 60.9 Å². The highest BCUT2D eigenvalue weighted by Gasteiger charge is 2.32. The fourth-order valence-electron chi connectivity index (χ4n) is 5.43. The van der Waals surface area contributed by atoms with Crippen LogP contribution in [0.25, 0.3) is 0 Å². The number of carbonyl (C=O) groups excluding carboxylic acids is 2. The van der Waals surface area contributed by atoms with Crippen LogP contribution in [0.1, 0.15) is 31.8 Å². The molecule has 0 bridgehead atoms. The molecule has 2 aliphatic heterocycles. The lowest BCUT2D eigenvalue weighted by molar-refractivity contribution is 0.0746. The summed E-state index contributed by atoms with van der Waals surface area (Å²) < 4.78 is 13.7. The van der Waals surface area contributed by atoms with Crippen LogP contribution in [0, 0.1) is 6.92 Å². The highest BCUT2D eigenvalue weighted by molar-refractivity contribution is 7.85. The molecular formula is C32H27Cl2N3O3S. The van der Waals surface area contributed by atoms with Crippen molar-refractivity contribution in [3.63, 3.8) is 0 Å². The molecule has 9 heteroatoms. The molecule has 1 atom stereocenters. The molecule has 1 unspecified atom stereocenters. The summed E-state index contributed by atoms with van der Waals surface area (Å²) in [7, 11) is -1.60. The zero-order chi connectivity index (χ0) is 28.7. The zero-order valence-electron chi connectivity index (χ0n) is 22.3. The molecule has 2 amide bonds. The number of rotatable bonds is 4.